The van der Waals surface area contributed by atoms with Crippen LogP contribution in [0.25, 0.3) is 0 Å². The van der Waals surface area contributed by atoms with Crippen LogP contribution in [0.2, 0.25) is 0 Å². The zero-order chi connectivity index (χ0) is 18.9. The molecule has 6 nitrogen and oxygen atoms in total. The van der Waals surface area contributed by atoms with Gasteiger partial charge >= 0.3 is 6.03 Å². The van der Waals surface area contributed by atoms with E-state index >= 15 is 0 Å². The van der Waals surface area contributed by atoms with E-state index in [0.717, 1.165) is 11.3 Å². The topological polar surface area (TPSA) is 62.8 Å². The number of amides is 2. The summed E-state index contributed by atoms with van der Waals surface area (Å²) in [6.07, 6.45) is 0. The number of ether oxygens (including phenoxy) is 2. The van der Waals surface area contributed by atoms with Crippen LogP contribution in [0.5, 0.6) is 11.5 Å². The Morgan fingerprint density at radius 1 is 1.08 bits per heavy atom. The molecule has 0 heterocycles. The first kappa shape index (κ1) is 19.4. The normalized spacial score (nSPS) is 11.4. The molecule has 26 heavy (non-hydrogen) atoms. The number of carbonyl (C=O) groups is 1. The van der Waals surface area contributed by atoms with Crippen LogP contribution in [0.15, 0.2) is 48.5 Å². The number of hydrogen-bond acceptors (Lipinski definition) is 4. The van der Waals surface area contributed by atoms with E-state index in [2.05, 4.69) is 22.5 Å². The second-order valence-electron chi connectivity index (χ2n) is 6.04. The molecule has 0 radical (unpaired) electrons. The maximum atomic E-state index is 12.1. The maximum Gasteiger partial charge on any atom is 0.315 e. The molecule has 2 amide bonds. The van der Waals surface area contributed by atoms with E-state index < -0.39 is 0 Å². The van der Waals surface area contributed by atoms with Crippen molar-refractivity contribution in [3.63, 3.8) is 0 Å². The predicted molar refractivity (Wildman–Crippen MR) is 104 cm³/mol. The average Bonchev–Trinajstić information content (AvgIpc) is 2.70. The number of methoxy groups -OCH3 is 2. The number of hydrogen-bond donors (Lipinski definition) is 2. The van der Waals surface area contributed by atoms with Gasteiger partial charge in [0.05, 0.1) is 14.2 Å². The summed E-state index contributed by atoms with van der Waals surface area (Å²) in [5.41, 5.74) is 2.00. The highest BCUT2D eigenvalue weighted by atomic mass is 16.5. The monoisotopic (exact) mass is 357 g/mol. The van der Waals surface area contributed by atoms with E-state index in [1.54, 1.807) is 20.3 Å². The van der Waals surface area contributed by atoms with Gasteiger partial charge in [0, 0.05) is 43.5 Å². The van der Waals surface area contributed by atoms with E-state index in [1.807, 2.05) is 49.5 Å². The first-order valence-corrected chi connectivity index (χ1v) is 8.55. The van der Waals surface area contributed by atoms with Gasteiger partial charge in [0.25, 0.3) is 0 Å². The summed E-state index contributed by atoms with van der Waals surface area (Å²) in [5.74, 6) is 1.40. The number of anilines is 1. The van der Waals surface area contributed by atoms with Gasteiger partial charge in [0.1, 0.15) is 11.5 Å². The Morgan fingerprint density at radius 3 is 2.46 bits per heavy atom. The summed E-state index contributed by atoms with van der Waals surface area (Å²) in [5, 5.41) is 5.76. The second-order valence-corrected chi connectivity index (χ2v) is 6.04. The van der Waals surface area contributed by atoms with Crippen molar-refractivity contribution in [2.45, 2.75) is 19.5 Å². The van der Waals surface area contributed by atoms with Crippen LogP contribution in [0, 0.1) is 0 Å². The molecule has 0 spiro atoms. The molecular weight excluding hydrogens is 330 g/mol. The largest absolute Gasteiger partial charge is 0.497 e. The smallest absolute Gasteiger partial charge is 0.315 e. The lowest BCUT2D eigenvalue weighted by molar-refractivity contribution is 0.240. The third kappa shape index (κ3) is 5.31. The Morgan fingerprint density at radius 2 is 1.81 bits per heavy atom. The Hall–Kier alpha value is -2.89. The quantitative estimate of drug-likeness (QED) is 0.762. The van der Waals surface area contributed by atoms with Crippen LogP contribution in [-0.4, -0.2) is 39.9 Å². The minimum absolute atomic E-state index is 0.165. The van der Waals surface area contributed by atoms with Crippen LogP contribution in [0.1, 0.15) is 12.5 Å². The molecule has 6 heteroatoms. The number of benzene rings is 2. The number of urea groups is 1. The third-order valence-corrected chi connectivity index (χ3v) is 4.32. The maximum absolute atomic E-state index is 12.1. The van der Waals surface area contributed by atoms with Crippen molar-refractivity contribution >= 4 is 11.7 Å². The molecule has 0 saturated heterocycles. The van der Waals surface area contributed by atoms with Crippen LogP contribution >= 0.6 is 0 Å². The fraction of sp³-hybridized carbons (Fsp3) is 0.350. The lowest BCUT2D eigenvalue weighted by atomic mass is 10.2. The zero-order valence-electron chi connectivity index (χ0n) is 15.8. The molecule has 2 rings (SSSR count). The zero-order valence-corrected chi connectivity index (χ0v) is 15.8. The Bertz CT molecular complexity index is 707. The highest BCUT2D eigenvalue weighted by molar-refractivity contribution is 5.74. The molecule has 0 bridgehead atoms. The molecule has 2 N–H and O–H groups in total. The van der Waals surface area contributed by atoms with Crippen molar-refractivity contribution in [1.82, 2.24) is 10.6 Å². The molecule has 140 valence electrons. The molecule has 2 aromatic carbocycles. The minimum Gasteiger partial charge on any atom is -0.497 e. The number of carbonyl (C=O) groups excluding carboxylic acids is 1. The van der Waals surface area contributed by atoms with Crippen LogP contribution in [-0.2, 0) is 6.54 Å². The van der Waals surface area contributed by atoms with Gasteiger partial charge in [-0.1, -0.05) is 18.2 Å². The fourth-order valence-corrected chi connectivity index (χ4v) is 2.53. The van der Waals surface area contributed by atoms with Gasteiger partial charge in [-0.05, 0) is 31.2 Å². The average molecular weight is 357 g/mol. The summed E-state index contributed by atoms with van der Waals surface area (Å²) in [6.45, 7) is 2.98. The van der Waals surface area contributed by atoms with Crippen molar-refractivity contribution < 1.29 is 14.3 Å². The van der Waals surface area contributed by atoms with Gasteiger partial charge in [-0.25, -0.2) is 4.79 Å². The molecule has 0 fully saturated rings. The van der Waals surface area contributed by atoms with Crippen LogP contribution in [0.3, 0.4) is 0 Å². The molecule has 0 aromatic heterocycles. The van der Waals surface area contributed by atoms with Gasteiger partial charge in [0.15, 0.2) is 0 Å². The molecule has 0 aliphatic carbocycles. The number of likely N-dealkylation sites (N-methyl/N-ethyl adjacent to an activating group) is 1. The summed E-state index contributed by atoms with van der Waals surface area (Å²) in [6, 6.07) is 15.6. The van der Waals surface area contributed by atoms with Crippen molar-refractivity contribution in [2.24, 2.45) is 0 Å². The van der Waals surface area contributed by atoms with E-state index in [9.17, 15) is 4.79 Å². The molecule has 2 aromatic rings. The molecular formula is C20H27N3O3. The van der Waals surface area contributed by atoms with Gasteiger partial charge in [-0.15, -0.1) is 0 Å². The molecule has 1 unspecified atom stereocenters. The third-order valence-electron chi connectivity index (χ3n) is 4.32. The van der Waals surface area contributed by atoms with E-state index in [-0.39, 0.29) is 12.1 Å². The minimum atomic E-state index is -0.212. The highest BCUT2D eigenvalue weighted by Gasteiger charge is 2.12. The highest BCUT2D eigenvalue weighted by Crippen LogP contribution is 2.24. The van der Waals surface area contributed by atoms with E-state index in [0.29, 0.717) is 24.6 Å². The van der Waals surface area contributed by atoms with E-state index in [4.69, 9.17) is 9.47 Å². The number of rotatable bonds is 8. The summed E-state index contributed by atoms with van der Waals surface area (Å²) >= 11 is 0. The molecule has 0 aliphatic rings. The molecule has 0 saturated carbocycles. The Labute approximate surface area is 155 Å². The molecule has 0 aliphatic heterocycles. The fourth-order valence-electron chi connectivity index (χ4n) is 2.53. The number of nitrogens with zero attached hydrogens (tertiary/aromatic N) is 1. The standard InChI is InChI=1S/C20H27N3O3/c1-15(23(2)17-8-6-5-7-9-17)13-21-20(24)22-14-16-10-11-18(25-3)12-19(16)26-4/h5-12,15H,13-14H2,1-4H3,(H2,21,22,24). The second kappa shape index (κ2) is 9.56. The van der Waals surface area contributed by atoms with Crippen molar-refractivity contribution in [1.29, 1.82) is 0 Å². The van der Waals surface area contributed by atoms with Gasteiger partial charge in [-0.2, -0.15) is 0 Å². The van der Waals surface area contributed by atoms with Crippen molar-refractivity contribution in [3.8, 4) is 11.5 Å². The molecule has 1 atom stereocenters. The first-order chi connectivity index (χ1) is 12.5. The number of para-hydroxylation sites is 1. The SMILES string of the molecule is COc1ccc(CNC(=O)NCC(C)N(C)c2ccccc2)c(OC)c1. The first-order valence-electron chi connectivity index (χ1n) is 8.55. The van der Waals surface area contributed by atoms with Crippen LogP contribution in [0.4, 0.5) is 10.5 Å². The van der Waals surface area contributed by atoms with Crippen LogP contribution < -0.4 is 25.0 Å². The summed E-state index contributed by atoms with van der Waals surface area (Å²) in [4.78, 5) is 14.2. The van der Waals surface area contributed by atoms with Gasteiger partial charge in [-0.3, -0.25) is 0 Å². The Balaban J connectivity index is 1.82. The van der Waals surface area contributed by atoms with Crippen molar-refractivity contribution in [2.75, 3.05) is 32.7 Å². The number of nitrogens with one attached hydrogen (secondary N) is 2. The van der Waals surface area contributed by atoms with Gasteiger partial charge in [0.2, 0.25) is 0 Å². The van der Waals surface area contributed by atoms with Crippen molar-refractivity contribution in [3.05, 3.63) is 54.1 Å². The predicted octanol–water partition coefficient (Wildman–Crippen LogP) is 3.03. The van der Waals surface area contributed by atoms with E-state index in [1.165, 1.54) is 0 Å². The van der Waals surface area contributed by atoms with Gasteiger partial charge < -0.3 is 25.0 Å². The lowest BCUT2D eigenvalue weighted by Gasteiger charge is -2.27. The summed E-state index contributed by atoms with van der Waals surface area (Å²) in [7, 11) is 5.22. The lowest BCUT2D eigenvalue weighted by Crippen LogP contribution is -2.43. The Kier molecular flexibility index (Phi) is 7.14. The summed E-state index contributed by atoms with van der Waals surface area (Å²) < 4.78 is 10.5.